The van der Waals surface area contributed by atoms with Gasteiger partial charge in [0, 0.05) is 37.9 Å². The molecule has 29 heavy (non-hydrogen) atoms. The van der Waals surface area contributed by atoms with Gasteiger partial charge in [0.05, 0.1) is 19.2 Å². The molecule has 1 aromatic carbocycles. The van der Waals surface area contributed by atoms with Crippen LogP contribution in [0, 0.1) is 0 Å². The SMILES string of the molecule is CCC[C@@H](c1nnnn1C1CCCCC1)N1CCN(c2cccc(OC)c2)CC1. The van der Waals surface area contributed by atoms with Gasteiger partial charge in [0.2, 0.25) is 0 Å². The zero-order valence-electron chi connectivity index (χ0n) is 17.8. The summed E-state index contributed by atoms with van der Waals surface area (Å²) < 4.78 is 7.56. The Bertz CT molecular complexity index is 764. The molecule has 2 heterocycles. The maximum absolute atomic E-state index is 5.39. The van der Waals surface area contributed by atoms with Crippen LogP contribution in [0.15, 0.2) is 24.3 Å². The standard InChI is InChI=1S/C22H34N6O/c1-3-8-21(22-23-24-25-28(22)18-9-5-4-6-10-18)27-15-13-26(14-16-27)19-11-7-12-20(17-19)29-2/h7,11-12,17-18,21H,3-6,8-10,13-16H2,1-2H3/t21-/m0/s1. The van der Waals surface area contributed by atoms with Gasteiger partial charge in [-0.3, -0.25) is 4.90 Å². The lowest BCUT2D eigenvalue weighted by Crippen LogP contribution is -2.48. The Morgan fingerprint density at radius 2 is 1.90 bits per heavy atom. The third-order valence-corrected chi connectivity index (χ3v) is 6.47. The smallest absolute Gasteiger partial charge is 0.168 e. The predicted molar refractivity (Wildman–Crippen MR) is 114 cm³/mol. The topological polar surface area (TPSA) is 59.3 Å². The molecule has 1 aliphatic carbocycles. The van der Waals surface area contributed by atoms with Gasteiger partial charge in [-0.2, -0.15) is 0 Å². The van der Waals surface area contributed by atoms with Gasteiger partial charge in [-0.1, -0.05) is 38.7 Å². The Kier molecular flexibility index (Phi) is 6.64. The monoisotopic (exact) mass is 398 g/mol. The van der Waals surface area contributed by atoms with E-state index in [2.05, 4.69) is 55.1 Å². The number of anilines is 1. The molecule has 0 radical (unpaired) electrons. The minimum absolute atomic E-state index is 0.310. The van der Waals surface area contributed by atoms with E-state index >= 15 is 0 Å². The van der Waals surface area contributed by atoms with Crippen LogP contribution < -0.4 is 9.64 Å². The number of hydrogen-bond acceptors (Lipinski definition) is 6. The number of piperazine rings is 1. The average Bonchev–Trinajstić information content (AvgIpc) is 3.28. The summed E-state index contributed by atoms with van der Waals surface area (Å²) in [7, 11) is 1.73. The molecule has 0 N–H and O–H groups in total. The summed E-state index contributed by atoms with van der Waals surface area (Å²) in [5.41, 5.74) is 1.24. The molecule has 1 saturated carbocycles. The van der Waals surface area contributed by atoms with E-state index in [1.807, 2.05) is 6.07 Å². The van der Waals surface area contributed by atoms with Crippen molar-refractivity contribution in [1.29, 1.82) is 0 Å². The van der Waals surface area contributed by atoms with E-state index in [0.717, 1.165) is 50.6 Å². The maximum Gasteiger partial charge on any atom is 0.168 e. The van der Waals surface area contributed by atoms with Crippen molar-refractivity contribution < 1.29 is 4.74 Å². The van der Waals surface area contributed by atoms with E-state index < -0.39 is 0 Å². The third kappa shape index (κ3) is 4.55. The molecule has 2 aliphatic rings. The number of aromatic nitrogens is 4. The second-order valence-corrected chi connectivity index (χ2v) is 8.30. The Hall–Kier alpha value is -2.15. The Morgan fingerprint density at radius 1 is 1.10 bits per heavy atom. The molecule has 2 aromatic rings. The summed E-state index contributed by atoms with van der Waals surface area (Å²) in [6.07, 6.45) is 8.59. The van der Waals surface area contributed by atoms with E-state index in [9.17, 15) is 0 Å². The van der Waals surface area contributed by atoms with Crippen molar-refractivity contribution in [3.05, 3.63) is 30.1 Å². The summed E-state index contributed by atoms with van der Waals surface area (Å²) in [5.74, 6) is 1.99. The van der Waals surface area contributed by atoms with Crippen LogP contribution in [0.25, 0.3) is 0 Å². The van der Waals surface area contributed by atoms with Crippen LogP contribution in [0.1, 0.15) is 69.8 Å². The van der Waals surface area contributed by atoms with Gasteiger partial charge in [-0.25, -0.2) is 4.68 Å². The van der Waals surface area contributed by atoms with Crippen LogP contribution in [-0.2, 0) is 0 Å². The molecule has 7 heteroatoms. The summed E-state index contributed by atoms with van der Waals surface area (Å²) in [6.45, 7) is 6.34. The van der Waals surface area contributed by atoms with Crippen LogP contribution in [0.5, 0.6) is 5.75 Å². The van der Waals surface area contributed by atoms with Crippen LogP contribution in [0.3, 0.4) is 0 Å². The van der Waals surface area contributed by atoms with Crippen molar-refractivity contribution in [1.82, 2.24) is 25.1 Å². The first-order valence-corrected chi connectivity index (χ1v) is 11.2. The Morgan fingerprint density at radius 3 is 2.62 bits per heavy atom. The lowest BCUT2D eigenvalue weighted by atomic mass is 9.95. The van der Waals surface area contributed by atoms with E-state index in [1.54, 1.807) is 7.11 Å². The van der Waals surface area contributed by atoms with Crippen molar-refractivity contribution in [2.45, 2.75) is 64.0 Å². The number of ether oxygens (including phenoxy) is 1. The van der Waals surface area contributed by atoms with Gasteiger partial charge in [0.1, 0.15) is 5.75 Å². The molecule has 0 amide bonds. The number of rotatable bonds is 7. The average molecular weight is 399 g/mol. The van der Waals surface area contributed by atoms with Crippen molar-refractivity contribution in [2.24, 2.45) is 0 Å². The fraction of sp³-hybridized carbons (Fsp3) is 0.682. The molecule has 0 bridgehead atoms. The largest absolute Gasteiger partial charge is 0.497 e. The van der Waals surface area contributed by atoms with Crippen molar-refractivity contribution in [3.8, 4) is 5.75 Å². The molecule has 7 nitrogen and oxygen atoms in total. The quantitative estimate of drug-likeness (QED) is 0.706. The summed E-state index contributed by atoms with van der Waals surface area (Å²) in [6, 6.07) is 9.16. The molecule has 1 atom stereocenters. The van der Waals surface area contributed by atoms with Gasteiger partial charge < -0.3 is 9.64 Å². The van der Waals surface area contributed by atoms with Gasteiger partial charge in [-0.15, -0.1) is 5.10 Å². The molecule has 158 valence electrons. The summed E-state index contributed by atoms with van der Waals surface area (Å²) >= 11 is 0. The fourth-order valence-electron chi connectivity index (χ4n) is 4.85. The van der Waals surface area contributed by atoms with E-state index in [4.69, 9.17) is 4.74 Å². The van der Waals surface area contributed by atoms with Gasteiger partial charge >= 0.3 is 0 Å². The molecule has 2 fully saturated rings. The van der Waals surface area contributed by atoms with Crippen molar-refractivity contribution in [2.75, 3.05) is 38.2 Å². The molecule has 1 saturated heterocycles. The van der Waals surface area contributed by atoms with Gasteiger partial charge in [0.25, 0.3) is 0 Å². The first-order chi connectivity index (χ1) is 14.3. The molecule has 0 spiro atoms. The number of nitrogens with zero attached hydrogens (tertiary/aromatic N) is 6. The second kappa shape index (κ2) is 9.57. The minimum Gasteiger partial charge on any atom is -0.497 e. The summed E-state index contributed by atoms with van der Waals surface area (Å²) in [4.78, 5) is 5.04. The number of methoxy groups -OCH3 is 1. The second-order valence-electron chi connectivity index (χ2n) is 8.30. The van der Waals surface area contributed by atoms with Crippen molar-refractivity contribution in [3.63, 3.8) is 0 Å². The highest BCUT2D eigenvalue weighted by atomic mass is 16.5. The minimum atomic E-state index is 0.310. The highest BCUT2D eigenvalue weighted by Crippen LogP contribution is 2.33. The Labute approximate surface area is 174 Å². The molecule has 4 rings (SSSR count). The van der Waals surface area contributed by atoms with Crippen LogP contribution in [-0.4, -0.2) is 58.4 Å². The number of benzene rings is 1. The van der Waals surface area contributed by atoms with Crippen LogP contribution >= 0.6 is 0 Å². The van der Waals surface area contributed by atoms with Crippen molar-refractivity contribution >= 4 is 5.69 Å². The van der Waals surface area contributed by atoms with E-state index in [-0.39, 0.29) is 0 Å². The molecular formula is C22H34N6O. The van der Waals surface area contributed by atoms with E-state index in [1.165, 1.54) is 37.8 Å². The fourth-order valence-corrected chi connectivity index (χ4v) is 4.85. The number of tetrazole rings is 1. The molecular weight excluding hydrogens is 364 g/mol. The van der Waals surface area contributed by atoms with Crippen LogP contribution in [0.2, 0.25) is 0 Å². The zero-order valence-corrected chi connectivity index (χ0v) is 17.8. The predicted octanol–water partition coefficient (Wildman–Crippen LogP) is 3.85. The lowest BCUT2D eigenvalue weighted by Gasteiger charge is -2.40. The first kappa shape index (κ1) is 20.1. The first-order valence-electron chi connectivity index (χ1n) is 11.2. The Balaban J connectivity index is 1.46. The highest BCUT2D eigenvalue weighted by molar-refractivity contribution is 5.51. The molecule has 0 unspecified atom stereocenters. The lowest BCUT2D eigenvalue weighted by molar-refractivity contribution is 0.158. The number of hydrogen-bond donors (Lipinski definition) is 0. The van der Waals surface area contributed by atoms with E-state index in [0.29, 0.717) is 12.1 Å². The maximum atomic E-state index is 5.39. The van der Waals surface area contributed by atoms with Gasteiger partial charge in [-0.05, 0) is 41.8 Å². The van der Waals surface area contributed by atoms with Gasteiger partial charge in [0.15, 0.2) is 5.82 Å². The summed E-state index contributed by atoms with van der Waals surface area (Å²) in [5, 5.41) is 13.0. The van der Waals surface area contributed by atoms with Crippen LogP contribution in [0.4, 0.5) is 5.69 Å². The molecule has 1 aliphatic heterocycles. The zero-order chi connectivity index (χ0) is 20.1. The normalized spacial score (nSPS) is 20.0. The molecule has 1 aromatic heterocycles. The third-order valence-electron chi connectivity index (χ3n) is 6.47. The highest BCUT2D eigenvalue weighted by Gasteiger charge is 2.31.